The van der Waals surface area contributed by atoms with Gasteiger partial charge in [0.15, 0.2) is 5.52 Å². The van der Waals surface area contributed by atoms with E-state index in [0.717, 1.165) is 37.2 Å². The minimum atomic E-state index is -1.04. The molecule has 228 valence electrons. The van der Waals surface area contributed by atoms with Crippen molar-refractivity contribution in [2.24, 2.45) is 7.05 Å². The number of hydrogen-bond donors (Lipinski definition) is 2. The van der Waals surface area contributed by atoms with Crippen molar-refractivity contribution in [1.29, 1.82) is 0 Å². The van der Waals surface area contributed by atoms with E-state index in [4.69, 9.17) is 23.2 Å². The third-order valence-electron chi connectivity index (χ3n) is 8.14. The Balaban J connectivity index is 1.12. The number of piperidine rings is 1. The van der Waals surface area contributed by atoms with E-state index in [1.165, 1.54) is 29.2 Å². The Morgan fingerprint density at radius 2 is 1.77 bits per heavy atom. The number of hydrogen-bond acceptors (Lipinski definition) is 7. The average Bonchev–Trinajstić information content (AvgIpc) is 3.59. The number of fused-ring (bicyclic) bond motifs is 1. The van der Waals surface area contributed by atoms with E-state index in [1.54, 1.807) is 11.7 Å². The van der Waals surface area contributed by atoms with E-state index in [0.29, 0.717) is 49.6 Å². The highest BCUT2D eigenvalue weighted by atomic mass is 35.5. The lowest BCUT2D eigenvalue weighted by Crippen LogP contribution is -2.47. The molecule has 9 nitrogen and oxygen atoms in total. The lowest BCUT2D eigenvalue weighted by Gasteiger charge is -2.38. The van der Waals surface area contributed by atoms with Crippen LogP contribution in [0.4, 0.5) is 0 Å². The van der Waals surface area contributed by atoms with Crippen molar-refractivity contribution in [2.45, 2.75) is 45.0 Å². The standard InChI is InChI=1S/C32H32Cl2N6O3S/c1-20(41)35-16-21-3-5-22(6-4-21)30-28-29(37-38(30)2)31(42)40(19-36-28)18-32(43)11-13-39(14-12-32)17-24-8-7-23(15-25(24)33)26-9-10-27(34)44-26/h3-10,15,19,43H,11-14,16-18H2,1-2H3,(H,35,41). The van der Waals surface area contributed by atoms with Crippen LogP contribution in [0.1, 0.15) is 30.9 Å². The molecule has 5 aromatic rings. The highest BCUT2D eigenvalue weighted by Gasteiger charge is 2.33. The summed E-state index contributed by atoms with van der Waals surface area (Å²) in [4.78, 5) is 32.7. The van der Waals surface area contributed by atoms with Gasteiger partial charge in [0.25, 0.3) is 5.56 Å². The van der Waals surface area contributed by atoms with E-state index in [2.05, 4.69) is 26.4 Å². The van der Waals surface area contributed by atoms with Crippen LogP contribution in [0.5, 0.6) is 0 Å². The molecule has 2 N–H and O–H groups in total. The highest BCUT2D eigenvalue weighted by Crippen LogP contribution is 2.34. The van der Waals surface area contributed by atoms with Gasteiger partial charge >= 0.3 is 0 Å². The van der Waals surface area contributed by atoms with Crippen LogP contribution in [0.3, 0.4) is 0 Å². The molecule has 12 heteroatoms. The number of amides is 1. The predicted molar refractivity (Wildman–Crippen MR) is 175 cm³/mol. The highest BCUT2D eigenvalue weighted by molar-refractivity contribution is 7.19. The number of aryl methyl sites for hydroxylation is 1. The summed E-state index contributed by atoms with van der Waals surface area (Å²) in [5.74, 6) is -0.0881. The first-order valence-electron chi connectivity index (χ1n) is 14.3. The van der Waals surface area contributed by atoms with Gasteiger partial charge in [0.05, 0.1) is 28.5 Å². The molecule has 1 fully saturated rings. The van der Waals surface area contributed by atoms with E-state index in [9.17, 15) is 14.7 Å². The zero-order chi connectivity index (χ0) is 31.0. The Kier molecular flexibility index (Phi) is 8.63. The summed E-state index contributed by atoms with van der Waals surface area (Å²) >= 11 is 14.3. The number of carbonyl (C=O) groups excluding carboxylic acids is 1. The molecule has 0 unspecified atom stereocenters. The zero-order valence-corrected chi connectivity index (χ0v) is 26.7. The lowest BCUT2D eigenvalue weighted by molar-refractivity contribution is -0.119. The van der Waals surface area contributed by atoms with Crippen LogP contribution in [0, 0.1) is 0 Å². The first kappa shape index (κ1) is 30.5. The van der Waals surface area contributed by atoms with Gasteiger partial charge in [-0.2, -0.15) is 5.10 Å². The van der Waals surface area contributed by atoms with Gasteiger partial charge < -0.3 is 10.4 Å². The number of aliphatic hydroxyl groups is 1. The molecule has 0 aliphatic carbocycles. The summed E-state index contributed by atoms with van der Waals surface area (Å²) in [5.41, 5.74) is 4.07. The van der Waals surface area contributed by atoms with Crippen molar-refractivity contribution >= 4 is 51.5 Å². The van der Waals surface area contributed by atoms with Crippen LogP contribution in [0.2, 0.25) is 9.36 Å². The van der Waals surface area contributed by atoms with Gasteiger partial charge in [-0.25, -0.2) is 4.98 Å². The summed E-state index contributed by atoms with van der Waals surface area (Å²) in [5, 5.41) is 19.4. The molecule has 0 spiro atoms. The topological polar surface area (TPSA) is 105 Å². The average molecular weight is 652 g/mol. The van der Waals surface area contributed by atoms with Crippen LogP contribution in [-0.4, -0.2) is 53.9 Å². The van der Waals surface area contributed by atoms with Crippen LogP contribution < -0.4 is 10.9 Å². The molecule has 0 bridgehead atoms. The number of aromatic nitrogens is 4. The number of halogens is 2. The van der Waals surface area contributed by atoms with Gasteiger partial charge in [0.2, 0.25) is 5.91 Å². The largest absolute Gasteiger partial charge is 0.388 e. The number of thiophene rings is 1. The molecule has 1 saturated heterocycles. The smallest absolute Gasteiger partial charge is 0.281 e. The molecule has 0 atom stereocenters. The maximum Gasteiger partial charge on any atom is 0.281 e. The normalized spacial score (nSPS) is 15.1. The second-order valence-electron chi connectivity index (χ2n) is 11.4. The minimum absolute atomic E-state index is 0.0881. The van der Waals surface area contributed by atoms with Crippen molar-refractivity contribution in [3.8, 4) is 21.7 Å². The molecule has 1 amide bonds. The SMILES string of the molecule is CC(=O)NCc1ccc(-c2c3ncn(CC4(O)CCN(Cc5ccc(-c6ccc(Cl)s6)cc5Cl)CC4)c(=O)c3nn2C)cc1. The van der Waals surface area contributed by atoms with Crippen molar-refractivity contribution in [3.63, 3.8) is 0 Å². The molecule has 6 rings (SSSR count). The van der Waals surface area contributed by atoms with E-state index < -0.39 is 5.60 Å². The first-order valence-corrected chi connectivity index (χ1v) is 15.9. The van der Waals surface area contributed by atoms with Gasteiger partial charge in [-0.05, 0) is 47.7 Å². The molecule has 44 heavy (non-hydrogen) atoms. The Morgan fingerprint density at radius 3 is 2.43 bits per heavy atom. The van der Waals surface area contributed by atoms with E-state index in [1.807, 2.05) is 48.5 Å². The monoisotopic (exact) mass is 650 g/mol. The lowest BCUT2D eigenvalue weighted by atomic mass is 9.91. The molecular formula is C32H32Cl2N6O3S. The van der Waals surface area contributed by atoms with Gasteiger partial charge in [-0.3, -0.25) is 23.7 Å². The number of nitrogens with zero attached hydrogens (tertiary/aromatic N) is 5. The van der Waals surface area contributed by atoms with Crippen LogP contribution in [-0.2, 0) is 31.5 Å². The number of carbonyl (C=O) groups is 1. The van der Waals surface area contributed by atoms with Crippen molar-refractivity contribution in [1.82, 2.24) is 29.5 Å². The third-order valence-corrected chi connectivity index (χ3v) is 9.77. The number of likely N-dealkylation sites (tertiary alicyclic amines) is 1. The Hall–Kier alpha value is -3.54. The van der Waals surface area contributed by atoms with Gasteiger partial charge in [-0.15, -0.1) is 11.3 Å². The fourth-order valence-electron chi connectivity index (χ4n) is 5.68. The van der Waals surface area contributed by atoms with Gasteiger partial charge in [0.1, 0.15) is 5.52 Å². The molecule has 1 aliphatic rings. The Bertz CT molecular complexity index is 1890. The maximum atomic E-state index is 13.5. The second-order valence-corrected chi connectivity index (χ2v) is 13.5. The fraction of sp³-hybridized carbons (Fsp3) is 0.312. The Labute approximate surface area is 268 Å². The quantitative estimate of drug-likeness (QED) is 0.230. The van der Waals surface area contributed by atoms with Crippen molar-refractivity contribution in [2.75, 3.05) is 13.1 Å². The maximum absolute atomic E-state index is 13.5. The van der Waals surface area contributed by atoms with E-state index >= 15 is 0 Å². The number of nitrogens with one attached hydrogen (secondary N) is 1. The summed E-state index contributed by atoms with van der Waals surface area (Å²) in [7, 11) is 1.78. The summed E-state index contributed by atoms with van der Waals surface area (Å²) in [6, 6.07) is 17.7. The van der Waals surface area contributed by atoms with Crippen LogP contribution >= 0.6 is 34.5 Å². The molecule has 1 aliphatic heterocycles. The van der Waals surface area contributed by atoms with Crippen molar-refractivity contribution < 1.29 is 9.90 Å². The first-order chi connectivity index (χ1) is 21.1. The summed E-state index contributed by atoms with van der Waals surface area (Å²) in [6.45, 7) is 4.09. The molecule has 0 radical (unpaired) electrons. The molecule has 4 heterocycles. The Morgan fingerprint density at radius 1 is 1.05 bits per heavy atom. The van der Waals surface area contributed by atoms with Gasteiger partial charge in [0, 0.05) is 55.6 Å². The minimum Gasteiger partial charge on any atom is -0.388 e. The summed E-state index contributed by atoms with van der Waals surface area (Å²) < 4.78 is 3.87. The molecule has 0 saturated carbocycles. The van der Waals surface area contributed by atoms with Gasteiger partial charge in [-0.1, -0.05) is 59.6 Å². The van der Waals surface area contributed by atoms with Crippen LogP contribution in [0.25, 0.3) is 32.7 Å². The number of rotatable bonds is 8. The molecular weight excluding hydrogens is 619 g/mol. The zero-order valence-electron chi connectivity index (χ0n) is 24.4. The number of benzene rings is 2. The second kappa shape index (κ2) is 12.5. The van der Waals surface area contributed by atoms with Crippen LogP contribution in [0.15, 0.2) is 65.7 Å². The fourth-order valence-corrected chi connectivity index (χ4v) is 6.96. The van der Waals surface area contributed by atoms with E-state index in [-0.39, 0.29) is 23.5 Å². The predicted octanol–water partition coefficient (Wildman–Crippen LogP) is 5.50. The summed E-state index contributed by atoms with van der Waals surface area (Å²) in [6.07, 6.45) is 2.53. The third kappa shape index (κ3) is 6.45. The van der Waals surface area contributed by atoms with Crippen molar-refractivity contribution in [3.05, 3.63) is 91.8 Å². The molecule has 3 aromatic heterocycles. The molecule has 2 aromatic carbocycles.